The van der Waals surface area contributed by atoms with Gasteiger partial charge in [0, 0.05) is 37.9 Å². The molecule has 3 aromatic rings. The molecule has 0 radical (unpaired) electrons. The van der Waals surface area contributed by atoms with E-state index in [2.05, 4.69) is 42.2 Å². The average molecular weight is 518 g/mol. The molecule has 1 aliphatic rings. The number of likely N-dealkylation sites (N-methyl/N-ethyl adjacent to an activating group) is 1. The van der Waals surface area contributed by atoms with Crippen LogP contribution in [0.5, 0.6) is 5.75 Å². The van der Waals surface area contributed by atoms with E-state index in [0.29, 0.717) is 17.1 Å². The molecule has 2 heterocycles. The van der Waals surface area contributed by atoms with Gasteiger partial charge in [0.2, 0.25) is 16.0 Å². The Balaban J connectivity index is 1.57. The highest BCUT2D eigenvalue weighted by Crippen LogP contribution is 2.33. The zero-order valence-electron chi connectivity index (χ0n) is 19.7. The Hall–Kier alpha value is -3.12. The van der Waals surface area contributed by atoms with Crippen molar-refractivity contribution in [3.05, 3.63) is 53.7 Å². The monoisotopic (exact) mass is 517 g/mol. The number of benzene rings is 2. The Morgan fingerprint density at radius 1 is 1.03 bits per heavy atom. The minimum atomic E-state index is -3.68. The molecular weight excluding hydrogens is 490 g/mol. The van der Waals surface area contributed by atoms with Gasteiger partial charge in [0.15, 0.2) is 5.82 Å². The van der Waals surface area contributed by atoms with Gasteiger partial charge >= 0.3 is 0 Å². The van der Waals surface area contributed by atoms with Gasteiger partial charge in [0.25, 0.3) is 0 Å². The number of ether oxygens (including phenoxy) is 1. The topological polar surface area (TPSA) is 112 Å². The van der Waals surface area contributed by atoms with Crippen LogP contribution in [0.3, 0.4) is 0 Å². The summed E-state index contributed by atoms with van der Waals surface area (Å²) in [6.45, 7) is 3.92. The molecule has 1 fully saturated rings. The third-order valence-corrected chi connectivity index (χ3v) is 7.49. The second kappa shape index (κ2) is 10.6. The van der Waals surface area contributed by atoms with Crippen molar-refractivity contribution in [2.75, 3.05) is 62.9 Å². The number of sulfonamides is 1. The lowest BCUT2D eigenvalue weighted by atomic mass is 10.2. The first-order chi connectivity index (χ1) is 16.8. The number of anilines is 5. The minimum Gasteiger partial charge on any atom is -0.494 e. The number of halogens is 1. The van der Waals surface area contributed by atoms with Crippen LogP contribution in [-0.4, -0.2) is 70.7 Å². The highest BCUT2D eigenvalue weighted by molar-refractivity contribution is 7.89. The number of para-hydroxylation sites is 1. The van der Waals surface area contributed by atoms with Gasteiger partial charge in [-0.1, -0.05) is 23.7 Å². The molecule has 35 heavy (non-hydrogen) atoms. The molecule has 0 unspecified atom stereocenters. The predicted molar refractivity (Wildman–Crippen MR) is 139 cm³/mol. The third-order valence-electron chi connectivity index (χ3n) is 5.74. The fourth-order valence-electron chi connectivity index (χ4n) is 3.72. The van der Waals surface area contributed by atoms with E-state index in [1.54, 1.807) is 25.3 Å². The van der Waals surface area contributed by atoms with Crippen molar-refractivity contribution >= 4 is 50.5 Å². The number of piperazine rings is 1. The largest absolute Gasteiger partial charge is 0.494 e. The molecule has 186 valence electrons. The normalized spacial score (nSPS) is 14.6. The predicted octanol–water partition coefficient (Wildman–Crippen LogP) is 3.29. The van der Waals surface area contributed by atoms with E-state index in [0.717, 1.165) is 31.9 Å². The van der Waals surface area contributed by atoms with Crippen LogP contribution < -0.4 is 25.0 Å². The standard InChI is InChI=1S/C23H28ClN7O3S/c1-25-35(32,33)21-7-5-4-6-19(21)27-22-17(24)15-26-23(29-22)28-18-9-8-16(14-20(18)34-3)31-12-10-30(2)11-13-31/h4-9,14-15,25H,10-13H2,1-3H3,(H2,26,27,28,29). The third kappa shape index (κ3) is 5.76. The number of hydrogen-bond acceptors (Lipinski definition) is 9. The van der Waals surface area contributed by atoms with Crippen molar-refractivity contribution in [3.63, 3.8) is 0 Å². The number of aromatic nitrogens is 2. The fourth-order valence-corrected chi connectivity index (χ4v) is 4.75. The molecule has 0 aliphatic carbocycles. The van der Waals surface area contributed by atoms with Crippen molar-refractivity contribution in [2.45, 2.75) is 4.90 Å². The quantitative estimate of drug-likeness (QED) is 0.414. The summed E-state index contributed by atoms with van der Waals surface area (Å²) in [4.78, 5) is 13.4. The summed E-state index contributed by atoms with van der Waals surface area (Å²) >= 11 is 6.31. The summed E-state index contributed by atoms with van der Waals surface area (Å²) in [5.41, 5.74) is 2.11. The van der Waals surface area contributed by atoms with E-state index in [4.69, 9.17) is 16.3 Å². The summed E-state index contributed by atoms with van der Waals surface area (Å²) in [6, 6.07) is 12.4. The number of methoxy groups -OCH3 is 1. The van der Waals surface area contributed by atoms with E-state index in [1.807, 2.05) is 18.2 Å². The summed E-state index contributed by atoms with van der Waals surface area (Å²) in [5.74, 6) is 1.19. The van der Waals surface area contributed by atoms with Crippen LogP contribution >= 0.6 is 11.6 Å². The molecule has 1 aromatic heterocycles. The Kier molecular flexibility index (Phi) is 7.60. The van der Waals surface area contributed by atoms with Gasteiger partial charge in [-0.15, -0.1) is 0 Å². The molecular formula is C23H28ClN7O3S. The summed E-state index contributed by atoms with van der Waals surface area (Å²) < 4.78 is 32.7. The van der Waals surface area contributed by atoms with Crippen molar-refractivity contribution in [1.82, 2.24) is 19.6 Å². The maximum Gasteiger partial charge on any atom is 0.242 e. The van der Waals surface area contributed by atoms with Gasteiger partial charge < -0.3 is 25.2 Å². The molecule has 2 aromatic carbocycles. The van der Waals surface area contributed by atoms with Crippen LogP contribution in [0.1, 0.15) is 0 Å². The van der Waals surface area contributed by atoms with Gasteiger partial charge in [-0.3, -0.25) is 0 Å². The molecule has 0 amide bonds. The van der Waals surface area contributed by atoms with Crippen LogP contribution in [0.4, 0.5) is 28.8 Å². The lowest BCUT2D eigenvalue weighted by molar-refractivity contribution is 0.312. The van der Waals surface area contributed by atoms with E-state index in [9.17, 15) is 8.42 Å². The fraction of sp³-hybridized carbons (Fsp3) is 0.304. The van der Waals surface area contributed by atoms with Crippen molar-refractivity contribution in [3.8, 4) is 5.75 Å². The zero-order valence-corrected chi connectivity index (χ0v) is 21.3. The molecule has 4 rings (SSSR count). The van der Waals surface area contributed by atoms with Gasteiger partial charge in [-0.25, -0.2) is 18.1 Å². The molecule has 3 N–H and O–H groups in total. The molecule has 0 spiro atoms. The average Bonchev–Trinajstić information content (AvgIpc) is 2.87. The first-order valence-corrected chi connectivity index (χ1v) is 12.9. The highest BCUT2D eigenvalue weighted by atomic mass is 35.5. The molecule has 0 bridgehead atoms. The van der Waals surface area contributed by atoms with E-state index >= 15 is 0 Å². The molecule has 0 saturated carbocycles. The van der Waals surface area contributed by atoms with Gasteiger partial charge in [0.05, 0.1) is 24.7 Å². The molecule has 0 atom stereocenters. The maximum absolute atomic E-state index is 12.4. The summed E-state index contributed by atoms with van der Waals surface area (Å²) in [5, 5.41) is 6.41. The Morgan fingerprint density at radius 3 is 2.49 bits per heavy atom. The smallest absolute Gasteiger partial charge is 0.242 e. The van der Waals surface area contributed by atoms with E-state index in [-0.39, 0.29) is 21.7 Å². The molecule has 1 saturated heterocycles. The van der Waals surface area contributed by atoms with Crippen LogP contribution in [0, 0.1) is 0 Å². The van der Waals surface area contributed by atoms with E-state index in [1.165, 1.54) is 19.3 Å². The summed E-state index contributed by atoms with van der Waals surface area (Å²) in [6.07, 6.45) is 1.44. The number of rotatable bonds is 8. The maximum atomic E-state index is 12.4. The molecule has 10 nitrogen and oxygen atoms in total. The SMILES string of the molecule is CNS(=O)(=O)c1ccccc1Nc1nc(Nc2ccc(N3CCN(C)CC3)cc2OC)ncc1Cl. The van der Waals surface area contributed by atoms with E-state index < -0.39 is 10.0 Å². The first-order valence-electron chi connectivity index (χ1n) is 11.0. The van der Waals surface area contributed by atoms with Crippen LogP contribution in [0.25, 0.3) is 0 Å². The summed E-state index contributed by atoms with van der Waals surface area (Å²) in [7, 11) is 1.41. The first kappa shape index (κ1) is 25.0. The van der Waals surface area contributed by atoms with Crippen LogP contribution in [-0.2, 0) is 10.0 Å². The Bertz CT molecular complexity index is 1300. The minimum absolute atomic E-state index is 0.0767. The van der Waals surface area contributed by atoms with Crippen LogP contribution in [0.15, 0.2) is 53.6 Å². The number of nitrogens with zero attached hydrogens (tertiary/aromatic N) is 4. The molecule has 1 aliphatic heterocycles. The second-order valence-corrected chi connectivity index (χ2v) is 10.3. The highest BCUT2D eigenvalue weighted by Gasteiger charge is 2.19. The van der Waals surface area contributed by atoms with Crippen molar-refractivity contribution in [2.24, 2.45) is 0 Å². The van der Waals surface area contributed by atoms with Crippen molar-refractivity contribution in [1.29, 1.82) is 0 Å². The van der Waals surface area contributed by atoms with Gasteiger partial charge in [-0.2, -0.15) is 4.98 Å². The second-order valence-electron chi connectivity index (χ2n) is 8.02. The van der Waals surface area contributed by atoms with Gasteiger partial charge in [-0.05, 0) is 38.4 Å². The Labute approximate surface area is 210 Å². The number of nitrogens with one attached hydrogen (secondary N) is 3. The lowest BCUT2D eigenvalue weighted by Gasteiger charge is -2.34. The zero-order chi connectivity index (χ0) is 25.0. The Morgan fingerprint density at radius 2 is 1.77 bits per heavy atom. The molecule has 12 heteroatoms. The van der Waals surface area contributed by atoms with Crippen LogP contribution in [0.2, 0.25) is 5.02 Å². The van der Waals surface area contributed by atoms with Gasteiger partial charge in [0.1, 0.15) is 15.7 Å². The lowest BCUT2D eigenvalue weighted by Crippen LogP contribution is -2.44. The van der Waals surface area contributed by atoms with Crippen molar-refractivity contribution < 1.29 is 13.2 Å². The number of hydrogen-bond donors (Lipinski definition) is 3.